The van der Waals surface area contributed by atoms with Gasteiger partial charge in [0.2, 0.25) is 0 Å². The summed E-state index contributed by atoms with van der Waals surface area (Å²) in [6.45, 7) is 0. The van der Waals surface area contributed by atoms with Crippen molar-refractivity contribution >= 4 is 11.6 Å². The number of carbonyl (C=O) groups excluding carboxylic acids is 1. The first kappa shape index (κ1) is 16.6. The van der Waals surface area contributed by atoms with Gasteiger partial charge >= 0.3 is 6.36 Å². The number of halogens is 4. The SMILES string of the molecule is COc1ccc(F)cc1C(=O)Nc1ccccc1OC(F)(F)F. The number of nitrogens with one attached hydrogen (secondary N) is 1. The molecule has 0 aromatic heterocycles. The molecule has 0 aliphatic heterocycles. The van der Waals surface area contributed by atoms with Crippen LogP contribution in [0.25, 0.3) is 0 Å². The van der Waals surface area contributed by atoms with Crippen LogP contribution in [0.4, 0.5) is 23.2 Å². The van der Waals surface area contributed by atoms with Crippen LogP contribution in [0.1, 0.15) is 10.4 Å². The second-order valence-corrected chi connectivity index (χ2v) is 4.34. The van der Waals surface area contributed by atoms with Crippen LogP contribution in [0.5, 0.6) is 11.5 Å². The van der Waals surface area contributed by atoms with E-state index in [1.165, 1.54) is 31.4 Å². The molecule has 0 saturated carbocycles. The quantitative estimate of drug-likeness (QED) is 0.863. The van der Waals surface area contributed by atoms with Crippen LogP contribution in [-0.4, -0.2) is 19.4 Å². The average molecular weight is 329 g/mol. The Morgan fingerprint density at radius 2 is 1.78 bits per heavy atom. The van der Waals surface area contributed by atoms with Gasteiger partial charge in [-0.25, -0.2) is 4.39 Å². The molecule has 1 amide bonds. The lowest BCUT2D eigenvalue weighted by atomic mass is 10.1. The standard InChI is InChI=1S/C15H11F4NO3/c1-22-12-7-6-9(16)8-10(12)14(21)20-11-4-2-3-5-13(11)23-15(17,18)19/h2-8H,1H3,(H,20,21). The summed E-state index contributed by atoms with van der Waals surface area (Å²) in [5.41, 5.74) is -0.365. The fourth-order valence-electron chi connectivity index (χ4n) is 1.83. The van der Waals surface area contributed by atoms with Gasteiger partial charge in [0.15, 0.2) is 5.75 Å². The van der Waals surface area contributed by atoms with Gasteiger partial charge in [0.1, 0.15) is 11.6 Å². The first-order valence-corrected chi connectivity index (χ1v) is 6.30. The number of ether oxygens (including phenoxy) is 2. The molecule has 23 heavy (non-hydrogen) atoms. The number of amides is 1. The summed E-state index contributed by atoms with van der Waals surface area (Å²) in [5.74, 6) is -2.02. The Bertz CT molecular complexity index is 716. The predicted molar refractivity (Wildman–Crippen MR) is 74.0 cm³/mol. The van der Waals surface area contributed by atoms with Gasteiger partial charge in [0.25, 0.3) is 5.91 Å². The number of para-hydroxylation sites is 2. The van der Waals surface area contributed by atoms with Crippen molar-refractivity contribution in [3.8, 4) is 11.5 Å². The van der Waals surface area contributed by atoms with Gasteiger partial charge in [0.05, 0.1) is 18.4 Å². The number of rotatable bonds is 4. The van der Waals surface area contributed by atoms with Crippen molar-refractivity contribution < 1.29 is 31.8 Å². The molecule has 0 radical (unpaired) electrons. The van der Waals surface area contributed by atoms with Crippen LogP contribution in [0, 0.1) is 5.82 Å². The largest absolute Gasteiger partial charge is 0.573 e. The highest BCUT2D eigenvalue weighted by molar-refractivity contribution is 6.06. The lowest BCUT2D eigenvalue weighted by molar-refractivity contribution is -0.274. The van der Waals surface area contributed by atoms with Crippen LogP contribution in [-0.2, 0) is 0 Å². The Morgan fingerprint density at radius 3 is 2.43 bits per heavy atom. The zero-order valence-corrected chi connectivity index (χ0v) is 11.8. The van der Waals surface area contributed by atoms with Gasteiger partial charge in [-0.2, -0.15) is 0 Å². The summed E-state index contributed by atoms with van der Waals surface area (Å²) in [7, 11) is 1.28. The summed E-state index contributed by atoms with van der Waals surface area (Å²) < 4.78 is 59.1. The maximum atomic E-state index is 13.3. The molecule has 0 fully saturated rings. The summed E-state index contributed by atoms with van der Waals surface area (Å²) in [6, 6.07) is 8.26. The smallest absolute Gasteiger partial charge is 0.496 e. The van der Waals surface area contributed by atoms with E-state index in [0.29, 0.717) is 0 Å². The lowest BCUT2D eigenvalue weighted by Crippen LogP contribution is -2.20. The van der Waals surface area contributed by atoms with Crippen molar-refractivity contribution in [2.45, 2.75) is 6.36 Å². The van der Waals surface area contributed by atoms with E-state index in [1.54, 1.807) is 0 Å². The van der Waals surface area contributed by atoms with Crippen LogP contribution in [0.2, 0.25) is 0 Å². The minimum Gasteiger partial charge on any atom is -0.496 e. The molecule has 0 aliphatic rings. The fourth-order valence-corrected chi connectivity index (χ4v) is 1.83. The fraction of sp³-hybridized carbons (Fsp3) is 0.133. The third-order valence-electron chi connectivity index (χ3n) is 2.77. The van der Waals surface area contributed by atoms with E-state index in [2.05, 4.69) is 10.1 Å². The maximum absolute atomic E-state index is 13.3. The van der Waals surface area contributed by atoms with Crippen molar-refractivity contribution in [1.82, 2.24) is 0 Å². The number of hydrogen-bond acceptors (Lipinski definition) is 3. The van der Waals surface area contributed by atoms with Crippen LogP contribution < -0.4 is 14.8 Å². The minimum atomic E-state index is -4.91. The molecule has 0 spiro atoms. The molecule has 0 aliphatic carbocycles. The predicted octanol–water partition coefficient (Wildman–Crippen LogP) is 3.99. The molecule has 0 bridgehead atoms. The number of alkyl halides is 3. The first-order chi connectivity index (χ1) is 10.8. The molecule has 4 nitrogen and oxygen atoms in total. The second-order valence-electron chi connectivity index (χ2n) is 4.34. The number of anilines is 1. The number of methoxy groups -OCH3 is 1. The average Bonchev–Trinajstić information content (AvgIpc) is 2.47. The Balaban J connectivity index is 2.29. The van der Waals surface area contributed by atoms with Crippen molar-refractivity contribution in [2.24, 2.45) is 0 Å². The molecular formula is C15H11F4NO3. The zero-order valence-electron chi connectivity index (χ0n) is 11.8. The first-order valence-electron chi connectivity index (χ1n) is 6.30. The van der Waals surface area contributed by atoms with E-state index < -0.39 is 23.8 Å². The molecule has 0 saturated heterocycles. The normalized spacial score (nSPS) is 11.0. The second kappa shape index (κ2) is 6.55. The summed E-state index contributed by atoms with van der Waals surface area (Å²) in [4.78, 5) is 12.2. The Hall–Kier alpha value is -2.77. The maximum Gasteiger partial charge on any atom is 0.573 e. The van der Waals surface area contributed by atoms with Gasteiger partial charge in [-0.05, 0) is 30.3 Å². The highest BCUT2D eigenvalue weighted by Crippen LogP contribution is 2.31. The Morgan fingerprint density at radius 1 is 1.09 bits per heavy atom. The molecule has 0 heterocycles. The molecule has 0 atom stereocenters. The third-order valence-corrected chi connectivity index (χ3v) is 2.77. The van der Waals surface area contributed by atoms with E-state index in [9.17, 15) is 22.4 Å². The lowest BCUT2D eigenvalue weighted by Gasteiger charge is -2.14. The Kier molecular flexibility index (Phi) is 4.73. The highest BCUT2D eigenvalue weighted by Gasteiger charge is 2.32. The molecule has 1 N–H and O–H groups in total. The van der Waals surface area contributed by atoms with E-state index >= 15 is 0 Å². The van der Waals surface area contributed by atoms with E-state index in [1.807, 2.05) is 0 Å². The molecule has 2 rings (SSSR count). The van der Waals surface area contributed by atoms with Crippen molar-refractivity contribution in [1.29, 1.82) is 0 Å². The Labute approximate surface area is 128 Å². The van der Waals surface area contributed by atoms with Gasteiger partial charge in [-0.1, -0.05) is 12.1 Å². The van der Waals surface area contributed by atoms with E-state index in [-0.39, 0.29) is 17.0 Å². The summed E-state index contributed by atoms with van der Waals surface area (Å²) >= 11 is 0. The monoisotopic (exact) mass is 329 g/mol. The number of benzene rings is 2. The van der Waals surface area contributed by atoms with Crippen LogP contribution in [0.15, 0.2) is 42.5 Å². The van der Waals surface area contributed by atoms with Gasteiger partial charge in [0, 0.05) is 0 Å². The number of hydrogen-bond donors (Lipinski definition) is 1. The molecule has 122 valence electrons. The highest BCUT2D eigenvalue weighted by atomic mass is 19.4. The third kappa shape index (κ3) is 4.35. The number of carbonyl (C=O) groups is 1. The van der Waals surface area contributed by atoms with Gasteiger partial charge < -0.3 is 14.8 Å². The molecule has 2 aromatic carbocycles. The molecular weight excluding hydrogens is 318 g/mol. The van der Waals surface area contributed by atoms with Crippen LogP contribution >= 0.6 is 0 Å². The summed E-state index contributed by atoms with van der Waals surface area (Å²) in [6.07, 6.45) is -4.91. The zero-order chi connectivity index (χ0) is 17.0. The van der Waals surface area contributed by atoms with Crippen LogP contribution in [0.3, 0.4) is 0 Å². The van der Waals surface area contributed by atoms with Crippen molar-refractivity contribution in [2.75, 3.05) is 12.4 Å². The topological polar surface area (TPSA) is 47.6 Å². The minimum absolute atomic E-state index is 0.0816. The molecule has 2 aromatic rings. The van der Waals surface area contributed by atoms with E-state index in [0.717, 1.165) is 18.2 Å². The molecule has 8 heteroatoms. The van der Waals surface area contributed by atoms with E-state index in [4.69, 9.17) is 4.74 Å². The van der Waals surface area contributed by atoms with Gasteiger partial charge in [-0.15, -0.1) is 13.2 Å². The summed E-state index contributed by atoms with van der Waals surface area (Å²) in [5, 5.41) is 2.24. The van der Waals surface area contributed by atoms with Gasteiger partial charge in [-0.3, -0.25) is 4.79 Å². The molecule has 0 unspecified atom stereocenters. The van der Waals surface area contributed by atoms with Crippen molar-refractivity contribution in [3.63, 3.8) is 0 Å². The van der Waals surface area contributed by atoms with Crippen molar-refractivity contribution in [3.05, 3.63) is 53.8 Å².